The lowest BCUT2D eigenvalue weighted by Gasteiger charge is -2.40. The zero-order chi connectivity index (χ0) is 17.9. The first kappa shape index (κ1) is 16.7. The summed E-state index contributed by atoms with van der Waals surface area (Å²) in [7, 11) is 0. The third kappa shape index (κ3) is 3.46. The van der Waals surface area contributed by atoms with Crippen LogP contribution in [0.15, 0.2) is 49.1 Å². The number of H-pyrrole nitrogens is 1. The highest BCUT2D eigenvalue weighted by atomic mass is 16.2. The van der Waals surface area contributed by atoms with Crippen molar-refractivity contribution in [3.05, 3.63) is 60.2 Å². The quantitative estimate of drug-likeness (QED) is 0.784. The molecule has 0 radical (unpaired) electrons. The molecule has 1 atom stereocenters. The fourth-order valence-corrected chi connectivity index (χ4v) is 3.72. The lowest BCUT2D eigenvalue weighted by molar-refractivity contribution is -0.135. The first-order valence-electron chi connectivity index (χ1n) is 9.02. The van der Waals surface area contributed by atoms with Crippen LogP contribution < -0.4 is 0 Å². The van der Waals surface area contributed by atoms with Crippen LogP contribution in [0.1, 0.15) is 18.1 Å². The molecule has 4 heterocycles. The van der Waals surface area contributed by atoms with E-state index in [-0.39, 0.29) is 11.9 Å². The van der Waals surface area contributed by atoms with Gasteiger partial charge in [-0.3, -0.25) is 14.7 Å². The summed E-state index contributed by atoms with van der Waals surface area (Å²) in [6, 6.07) is 8.19. The fourth-order valence-electron chi connectivity index (χ4n) is 3.72. The average Bonchev–Trinajstić information content (AvgIpc) is 3.06. The van der Waals surface area contributed by atoms with Gasteiger partial charge in [0, 0.05) is 62.4 Å². The second-order valence-electron chi connectivity index (χ2n) is 6.92. The van der Waals surface area contributed by atoms with Gasteiger partial charge in [-0.2, -0.15) is 0 Å². The Labute approximate surface area is 152 Å². The molecule has 1 saturated heterocycles. The van der Waals surface area contributed by atoms with Gasteiger partial charge in [0.1, 0.15) is 5.65 Å². The maximum atomic E-state index is 12.8. The van der Waals surface area contributed by atoms with Gasteiger partial charge in [0.05, 0.1) is 6.42 Å². The Morgan fingerprint density at radius 3 is 2.96 bits per heavy atom. The van der Waals surface area contributed by atoms with E-state index in [2.05, 4.69) is 32.8 Å². The summed E-state index contributed by atoms with van der Waals surface area (Å²) in [5.41, 5.74) is 3.07. The number of hydrogen-bond acceptors (Lipinski definition) is 4. The predicted octanol–water partition coefficient (Wildman–Crippen LogP) is 2.23. The summed E-state index contributed by atoms with van der Waals surface area (Å²) in [4.78, 5) is 28.9. The Morgan fingerprint density at radius 1 is 1.27 bits per heavy atom. The minimum atomic E-state index is 0.184. The van der Waals surface area contributed by atoms with E-state index < -0.39 is 0 Å². The molecule has 0 unspecified atom stereocenters. The normalized spacial score (nSPS) is 18.3. The summed E-state index contributed by atoms with van der Waals surface area (Å²) in [5, 5.41) is 1.03. The molecule has 1 fully saturated rings. The van der Waals surface area contributed by atoms with Crippen LogP contribution in [0.4, 0.5) is 0 Å². The molecule has 0 aliphatic carbocycles. The van der Waals surface area contributed by atoms with Gasteiger partial charge < -0.3 is 9.88 Å². The highest BCUT2D eigenvalue weighted by molar-refractivity contribution is 5.87. The van der Waals surface area contributed by atoms with Crippen molar-refractivity contribution in [1.82, 2.24) is 24.8 Å². The van der Waals surface area contributed by atoms with E-state index in [0.717, 1.165) is 42.8 Å². The predicted molar refractivity (Wildman–Crippen MR) is 100 cm³/mol. The molecule has 0 bridgehead atoms. The number of carbonyl (C=O) groups is 1. The molecule has 0 spiro atoms. The van der Waals surface area contributed by atoms with Gasteiger partial charge in [-0.25, -0.2) is 4.98 Å². The Morgan fingerprint density at radius 2 is 2.15 bits per heavy atom. The number of piperazine rings is 1. The summed E-state index contributed by atoms with van der Waals surface area (Å²) in [6.07, 6.45) is 7.78. The molecule has 1 aliphatic heterocycles. The first-order chi connectivity index (χ1) is 12.7. The zero-order valence-electron chi connectivity index (χ0n) is 14.9. The number of nitrogens with one attached hydrogen (secondary N) is 1. The van der Waals surface area contributed by atoms with Crippen LogP contribution in [0.25, 0.3) is 11.0 Å². The number of fused-ring (bicyclic) bond motifs is 1. The smallest absolute Gasteiger partial charge is 0.227 e. The maximum Gasteiger partial charge on any atom is 0.227 e. The van der Waals surface area contributed by atoms with Crippen molar-refractivity contribution >= 4 is 16.9 Å². The van der Waals surface area contributed by atoms with Crippen LogP contribution in [-0.4, -0.2) is 56.3 Å². The number of pyridine rings is 2. The van der Waals surface area contributed by atoms with E-state index in [9.17, 15) is 4.79 Å². The van der Waals surface area contributed by atoms with E-state index in [1.54, 1.807) is 12.4 Å². The second kappa shape index (κ2) is 7.25. The van der Waals surface area contributed by atoms with Gasteiger partial charge in [-0.15, -0.1) is 0 Å². The topological polar surface area (TPSA) is 65.1 Å². The highest BCUT2D eigenvalue weighted by Gasteiger charge is 2.27. The van der Waals surface area contributed by atoms with E-state index in [1.165, 1.54) is 5.56 Å². The van der Waals surface area contributed by atoms with Crippen molar-refractivity contribution in [2.75, 3.05) is 19.6 Å². The number of aromatic amines is 1. The largest absolute Gasteiger partial charge is 0.346 e. The molecule has 3 aromatic heterocycles. The van der Waals surface area contributed by atoms with Gasteiger partial charge in [-0.05, 0) is 36.2 Å². The number of hydrogen-bond donors (Lipinski definition) is 1. The van der Waals surface area contributed by atoms with E-state index >= 15 is 0 Å². The van der Waals surface area contributed by atoms with E-state index in [0.29, 0.717) is 6.42 Å². The molecule has 1 aliphatic rings. The Bertz CT molecular complexity index is 891. The number of rotatable bonds is 4. The molecule has 134 valence electrons. The molecule has 6 nitrogen and oxygen atoms in total. The third-order valence-electron chi connectivity index (χ3n) is 5.04. The van der Waals surface area contributed by atoms with Crippen LogP contribution in [0, 0.1) is 0 Å². The molecule has 6 heteroatoms. The maximum absolute atomic E-state index is 12.8. The molecule has 26 heavy (non-hydrogen) atoms. The molecule has 0 aromatic carbocycles. The number of amides is 1. The fraction of sp³-hybridized carbons (Fsp3) is 0.350. The van der Waals surface area contributed by atoms with Gasteiger partial charge in [0.2, 0.25) is 5.91 Å². The summed E-state index contributed by atoms with van der Waals surface area (Å²) < 4.78 is 0. The summed E-state index contributed by atoms with van der Waals surface area (Å²) >= 11 is 0. The van der Waals surface area contributed by atoms with Crippen molar-refractivity contribution in [1.29, 1.82) is 0 Å². The molecular formula is C20H23N5O. The van der Waals surface area contributed by atoms with Gasteiger partial charge in [0.15, 0.2) is 0 Å². The van der Waals surface area contributed by atoms with Crippen LogP contribution in [0.3, 0.4) is 0 Å². The van der Waals surface area contributed by atoms with Gasteiger partial charge in [0.25, 0.3) is 0 Å². The Kier molecular flexibility index (Phi) is 4.67. The summed E-state index contributed by atoms with van der Waals surface area (Å²) in [5.74, 6) is 0.184. The van der Waals surface area contributed by atoms with Crippen LogP contribution >= 0.6 is 0 Å². The third-order valence-corrected chi connectivity index (χ3v) is 5.04. The lowest BCUT2D eigenvalue weighted by Crippen LogP contribution is -2.54. The monoisotopic (exact) mass is 349 g/mol. The van der Waals surface area contributed by atoms with Crippen molar-refractivity contribution in [3.8, 4) is 0 Å². The molecule has 1 amide bonds. The van der Waals surface area contributed by atoms with Crippen molar-refractivity contribution in [3.63, 3.8) is 0 Å². The zero-order valence-corrected chi connectivity index (χ0v) is 14.9. The van der Waals surface area contributed by atoms with Crippen LogP contribution in [0.5, 0.6) is 0 Å². The SMILES string of the molecule is C[C@@H]1CN(Cc2cccnc2)CCN1C(=O)Cc1c[nH]c2ncccc12. The molecule has 3 aromatic rings. The van der Waals surface area contributed by atoms with Crippen molar-refractivity contribution < 1.29 is 4.79 Å². The Balaban J connectivity index is 1.38. The van der Waals surface area contributed by atoms with Crippen molar-refractivity contribution in [2.24, 2.45) is 0 Å². The van der Waals surface area contributed by atoms with Gasteiger partial charge in [-0.1, -0.05) is 6.07 Å². The van der Waals surface area contributed by atoms with E-state index in [4.69, 9.17) is 0 Å². The minimum Gasteiger partial charge on any atom is -0.346 e. The lowest BCUT2D eigenvalue weighted by atomic mass is 10.1. The Hall–Kier alpha value is -2.73. The van der Waals surface area contributed by atoms with Crippen LogP contribution in [0.2, 0.25) is 0 Å². The molecule has 0 saturated carbocycles. The van der Waals surface area contributed by atoms with Gasteiger partial charge >= 0.3 is 0 Å². The number of aromatic nitrogens is 3. The summed E-state index contributed by atoms with van der Waals surface area (Å²) in [6.45, 7) is 5.55. The molecule has 1 N–H and O–H groups in total. The first-order valence-corrected chi connectivity index (χ1v) is 9.02. The second-order valence-corrected chi connectivity index (χ2v) is 6.92. The molecule has 4 rings (SSSR count). The number of nitrogens with zero attached hydrogens (tertiary/aromatic N) is 4. The van der Waals surface area contributed by atoms with E-state index in [1.807, 2.05) is 35.5 Å². The number of carbonyl (C=O) groups excluding carboxylic acids is 1. The highest BCUT2D eigenvalue weighted by Crippen LogP contribution is 2.19. The van der Waals surface area contributed by atoms with Crippen molar-refractivity contribution in [2.45, 2.75) is 25.9 Å². The standard InChI is InChI=1S/C20H23N5O/c1-15-13-24(14-16-4-2-6-21-11-16)8-9-25(15)19(26)10-17-12-23-20-18(17)5-3-7-22-20/h2-7,11-12,15H,8-10,13-14H2,1H3,(H,22,23)/t15-/m1/s1. The minimum absolute atomic E-state index is 0.184. The average molecular weight is 349 g/mol. The molecular weight excluding hydrogens is 326 g/mol. The van der Waals surface area contributed by atoms with Crippen LogP contribution in [-0.2, 0) is 17.8 Å².